The van der Waals surface area contributed by atoms with Gasteiger partial charge in [-0.15, -0.1) is 0 Å². The number of carboxylic acids is 2. The zero-order valence-electron chi connectivity index (χ0n) is 41.8. The van der Waals surface area contributed by atoms with E-state index in [1.54, 1.807) is 65.0 Å². The Morgan fingerprint density at radius 2 is 1.15 bits per heavy atom. The first-order chi connectivity index (χ1) is 34.0. The normalized spacial score (nSPS) is 14.7. The molecule has 1 unspecified atom stereocenters. The van der Waals surface area contributed by atoms with Crippen LogP contribution in [0.25, 0.3) is 0 Å². The van der Waals surface area contributed by atoms with Crippen LogP contribution in [0.2, 0.25) is 0 Å². The molecule has 26 heteroatoms. The molecule has 404 valence electrons. The highest BCUT2D eigenvalue weighted by molar-refractivity contribution is 7.46. The SMILES string of the molecule is CC(C)C[C@H](NC(=O)[C@H](CC(N)=O)NC(=O)[C@H](Cc1ccc(OP(=O)(O)O)cc1)NC(=O)[C@H](NC(=O)[C@@H](NC(=O)[C@@H](N)CC(C)C)C(C)C)C(C)c1ccccc1)C(=O)NCC(=O)N[C@@H](CCC(=O)O)C(=O)O. The van der Waals surface area contributed by atoms with Gasteiger partial charge in [0.05, 0.1) is 19.0 Å². The minimum absolute atomic E-state index is 0.0620. The van der Waals surface area contributed by atoms with Gasteiger partial charge >= 0.3 is 19.8 Å². The standard InChI is InChI=1S/C47H70N9O16P/c1-24(2)19-31(48)41(61)55-39(26(5)6)45(65)56-40(27(7)29-11-9-8-10-12-29)46(66)54-34(21-28-13-15-30(16-14-28)72-73(69,70)71)43(63)53-35(22-36(49)57)44(64)52-33(20-25(3)4)42(62)50-23-37(58)51-32(47(67)68)17-18-38(59)60/h8-16,24-27,31-35,39-40H,17-23,48H2,1-7H3,(H2,49,57)(H,50,62)(H,51,58)(H,52,64)(H,53,63)(H,54,66)(H,55,61)(H,56,65)(H,59,60)(H,67,68)(H2,69,70,71)/t27?,31-,32-,33-,34-,35-,39-,40+/m0/s1. The fourth-order valence-electron chi connectivity index (χ4n) is 7.27. The number of amides is 8. The molecule has 0 aliphatic heterocycles. The number of hydrogen-bond donors (Lipinski definition) is 13. The number of phosphoric ester groups is 1. The van der Waals surface area contributed by atoms with Crippen molar-refractivity contribution in [3.63, 3.8) is 0 Å². The topological polar surface area (TPSA) is 414 Å². The van der Waals surface area contributed by atoms with Gasteiger partial charge < -0.3 is 63.4 Å². The number of carbonyl (C=O) groups is 10. The molecule has 0 fully saturated rings. The Kier molecular flexibility index (Phi) is 25.2. The van der Waals surface area contributed by atoms with Gasteiger partial charge in [-0.3, -0.25) is 52.9 Å². The molecule has 0 saturated carbocycles. The van der Waals surface area contributed by atoms with Crippen molar-refractivity contribution in [2.45, 2.75) is 135 Å². The van der Waals surface area contributed by atoms with Gasteiger partial charge in [0.15, 0.2) is 0 Å². The summed E-state index contributed by atoms with van der Waals surface area (Å²) in [6.07, 6.45) is -2.00. The monoisotopic (exact) mass is 1050 g/mol. The minimum Gasteiger partial charge on any atom is -0.481 e. The summed E-state index contributed by atoms with van der Waals surface area (Å²) < 4.78 is 16.1. The molecule has 15 N–H and O–H groups in total. The second-order valence-corrected chi connectivity index (χ2v) is 19.8. The quantitative estimate of drug-likeness (QED) is 0.0421. The Bertz CT molecular complexity index is 2300. The summed E-state index contributed by atoms with van der Waals surface area (Å²) in [6, 6.07) is 3.48. The number of primary amides is 1. The van der Waals surface area contributed by atoms with E-state index >= 15 is 0 Å². The average Bonchev–Trinajstić information content (AvgIpc) is 3.28. The van der Waals surface area contributed by atoms with Crippen molar-refractivity contribution in [3.05, 3.63) is 65.7 Å². The first kappa shape index (κ1) is 62.2. The summed E-state index contributed by atoms with van der Waals surface area (Å²) in [5.41, 5.74) is 12.5. The van der Waals surface area contributed by atoms with Gasteiger partial charge in [0.25, 0.3) is 0 Å². The van der Waals surface area contributed by atoms with Crippen molar-refractivity contribution in [1.29, 1.82) is 0 Å². The molecule has 0 bridgehead atoms. The molecule has 2 rings (SSSR count). The lowest BCUT2D eigenvalue weighted by atomic mass is 9.91. The van der Waals surface area contributed by atoms with Gasteiger partial charge in [-0.1, -0.05) is 90.9 Å². The van der Waals surface area contributed by atoms with E-state index in [4.69, 9.17) is 16.6 Å². The van der Waals surface area contributed by atoms with E-state index in [-0.39, 0.29) is 29.6 Å². The Labute approximate surface area is 422 Å². The van der Waals surface area contributed by atoms with E-state index in [2.05, 4.69) is 41.7 Å². The highest BCUT2D eigenvalue weighted by Gasteiger charge is 2.37. The molecule has 0 radical (unpaired) electrons. The molecule has 0 spiro atoms. The van der Waals surface area contributed by atoms with Crippen LogP contribution in [-0.4, -0.2) is 128 Å². The van der Waals surface area contributed by atoms with Gasteiger partial charge in [-0.25, -0.2) is 9.36 Å². The minimum atomic E-state index is -4.98. The zero-order valence-corrected chi connectivity index (χ0v) is 42.7. The molecular weight excluding hydrogens is 978 g/mol. The number of carbonyl (C=O) groups excluding carboxylic acids is 8. The smallest absolute Gasteiger partial charge is 0.481 e. The van der Waals surface area contributed by atoms with Crippen LogP contribution in [-0.2, 0) is 58.9 Å². The number of nitrogens with one attached hydrogen (secondary N) is 7. The number of carboxylic acid groups (broad SMARTS) is 2. The lowest BCUT2D eigenvalue weighted by molar-refractivity contribution is -0.143. The predicted octanol–water partition coefficient (Wildman–Crippen LogP) is -0.570. The highest BCUT2D eigenvalue weighted by atomic mass is 31.2. The Hall–Kier alpha value is -6.95. The molecule has 73 heavy (non-hydrogen) atoms. The van der Waals surface area contributed by atoms with Crippen LogP contribution in [0.4, 0.5) is 0 Å². The summed E-state index contributed by atoms with van der Waals surface area (Å²) in [7, 11) is -4.98. The third-order valence-electron chi connectivity index (χ3n) is 11.0. The lowest BCUT2D eigenvalue weighted by Gasteiger charge is -2.31. The van der Waals surface area contributed by atoms with Crippen molar-refractivity contribution >= 4 is 67.0 Å². The third-order valence-corrected chi connectivity index (χ3v) is 11.5. The molecular formula is C47H70N9O16P. The van der Waals surface area contributed by atoms with E-state index < -0.39 is 153 Å². The molecule has 0 aliphatic rings. The highest BCUT2D eigenvalue weighted by Crippen LogP contribution is 2.37. The Morgan fingerprint density at radius 1 is 0.616 bits per heavy atom. The van der Waals surface area contributed by atoms with Gasteiger partial charge in [0.1, 0.15) is 42.0 Å². The Balaban J connectivity index is 2.56. The van der Waals surface area contributed by atoms with Gasteiger partial charge in [-0.2, -0.15) is 0 Å². The predicted molar refractivity (Wildman–Crippen MR) is 262 cm³/mol. The number of hydrogen-bond acceptors (Lipinski definition) is 13. The number of benzene rings is 2. The van der Waals surface area contributed by atoms with Gasteiger partial charge in [0, 0.05) is 18.8 Å². The molecule has 8 amide bonds. The molecule has 0 heterocycles. The fourth-order valence-corrected chi connectivity index (χ4v) is 7.67. The molecule has 25 nitrogen and oxygen atoms in total. The molecule has 0 saturated heterocycles. The van der Waals surface area contributed by atoms with Crippen molar-refractivity contribution in [1.82, 2.24) is 37.2 Å². The number of aliphatic carboxylic acids is 2. The van der Waals surface area contributed by atoms with Crippen LogP contribution in [0.3, 0.4) is 0 Å². The molecule has 2 aromatic carbocycles. The molecule has 0 aliphatic carbocycles. The van der Waals surface area contributed by atoms with Crippen molar-refractivity contribution in [2.75, 3.05) is 6.54 Å². The maximum atomic E-state index is 14.6. The van der Waals surface area contributed by atoms with Crippen LogP contribution in [0.15, 0.2) is 54.6 Å². The van der Waals surface area contributed by atoms with Crippen LogP contribution >= 0.6 is 7.82 Å². The van der Waals surface area contributed by atoms with E-state index in [1.165, 1.54) is 24.3 Å². The third kappa shape index (κ3) is 23.0. The van der Waals surface area contributed by atoms with Gasteiger partial charge in [0.2, 0.25) is 47.3 Å². The maximum Gasteiger partial charge on any atom is 0.524 e. The summed E-state index contributed by atoms with van der Waals surface area (Å²) >= 11 is 0. The molecule has 0 aromatic heterocycles. The van der Waals surface area contributed by atoms with E-state index in [0.29, 0.717) is 12.0 Å². The molecule has 8 atom stereocenters. The summed E-state index contributed by atoms with van der Waals surface area (Å²) in [6.45, 7) is 11.3. The second-order valence-electron chi connectivity index (χ2n) is 18.7. The first-order valence-electron chi connectivity index (χ1n) is 23.4. The van der Waals surface area contributed by atoms with E-state index in [0.717, 1.165) is 0 Å². The fraction of sp³-hybridized carbons (Fsp3) is 0.532. The van der Waals surface area contributed by atoms with Gasteiger partial charge in [-0.05, 0) is 60.3 Å². The number of nitrogens with two attached hydrogens (primary N) is 2. The molecule has 2 aromatic rings. The first-order valence-corrected chi connectivity index (χ1v) is 25.0. The van der Waals surface area contributed by atoms with Crippen molar-refractivity contribution in [3.8, 4) is 5.75 Å². The van der Waals surface area contributed by atoms with Crippen LogP contribution in [0.5, 0.6) is 5.75 Å². The lowest BCUT2D eigenvalue weighted by Crippen LogP contribution is -2.61. The number of rotatable bonds is 31. The summed E-state index contributed by atoms with van der Waals surface area (Å²) in [5.74, 6) is -12.1. The van der Waals surface area contributed by atoms with E-state index in [9.17, 15) is 67.4 Å². The Morgan fingerprint density at radius 3 is 1.67 bits per heavy atom. The van der Waals surface area contributed by atoms with E-state index in [1.807, 2.05) is 13.8 Å². The summed E-state index contributed by atoms with van der Waals surface area (Å²) in [5, 5.41) is 35.6. The van der Waals surface area contributed by atoms with Crippen molar-refractivity contribution in [2.24, 2.45) is 29.2 Å². The summed E-state index contributed by atoms with van der Waals surface area (Å²) in [4.78, 5) is 150. The number of phosphoric acid groups is 1. The maximum absolute atomic E-state index is 14.6. The van der Waals surface area contributed by atoms with Crippen molar-refractivity contribution < 1.29 is 77.0 Å². The second kappa shape index (κ2) is 29.5. The average molecular weight is 1050 g/mol. The zero-order chi connectivity index (χ0) is 55.3. The van der Waals surface area contributed by atoms with Crippen LogP contribution < -0.4 is 53.2 Å². The van der Waals surface area contributed by atoms with Crippen LogP contribution in [0.1, 0.15) is 97.6 Å². The largest absolute Gasteiger partial charge is 0.524 e. The van der Waals surface area contributed by atoms with Crippen LogP contribution in [0, 0.1) is 17.8 Å².